The summed E-state index contributed by atoms with van der Waals surface area (Å²) in [6.45, 7) is 2.50. The molecule has 0 aliphatic carbocycles. The highest BCUT2D eigenvalue weighted by atomic mass is 32.1. The zero-order valence-electron chi connectivity index (χ0n) is 18.5. The minimum Gasteiger partial charge on any atom is -0.489 e. The molecule has 0 saturated carbocycles. The number of hydrogen-bond donors (Lipinski definition) is 3. The van der Waals surface area contributed by atoms with Crippen LogP contribution in [0, 0.1) is 0 Å². The van der Waals surface area contributed by atoms with Crippen molar-refractivity contribution in [2.45, 2.75) is 32.8 Å². The summed E-state index contributed by atoms with van der Waals surface area (Å²) in [5.41, 5.74) is 2.86. The van der Waals surface area contributed by atoms with Crippen molar-refractivity contribution in [3.05, 3.63) is 90.0 Å². The van der Waals surface area contributed by atoms with Gasteiger partial charge in [0.05, 0.1) is 0 Å². The van der Waals surface area contributed by atoms with Gasteiger partial charge in [0.1, 0.15) is 12.4 Å². The lowest BCUT2D eigenvalue weighted by molar-refractivity contribution is -0.116. The van der Waals surface area contributed by atoms with E-state index in [1.54, 1.807) is 48.5 Å². The Labute approximate surface area is 199 Å². The van der Waals surface area contributed by atoms with Gasteiger partial charge in [-0.05, 0) is 66.7 Å². The van der Waals surface area contributed by atoms with Crippen LogP contribution >= 0.6 is 12.2 Å². The summed E-state index contributed by atoms with van der Waals surface area (Å²) < 4.78 is 5.75. The molecule has 3 aromatic rings. The van der Waals surface area contributed by atoms with Crippen molar-refractivity contribution in [1.29, 1.82) is 0 Å². The average Bonchev–Trinajstić information content (AvgIpc) is 2.82. The van der Waals surface area contributed by atoms with Gasteiger partial charge in [-0.1, -0.05) is 49.7 Å². The molecule has 7 heteroatoms. The van der Waals surface area contributed by atoms with Crippen LogP contribution < -0.4 is 20.7 Å². The first-order chi connectivity index (χ1) is 16.0. The number of anilines is 2. The van der Waals surface area contributed by atoms with E-state index in [4.69, 9.17) is 17.0 Å². The first-order valence-corrected chi connectivity index (χ1v) is 11.2. The second-order valence-corrected chi connectivity index (χ2v) is 7.85. The maximum Gasteiger partial charge on any atom is 0.257 e. The van der Waals surface area contributed by atoms with Crippen LogP contribution in [0.4, 0.5) is 11.4 Å². The molecule has 3 aromatic carbocycles. The molecule has 0 saturated heterocycles. The summed E-state index contributed by atoms with van der Waals surface area (Å²) in [7, 11) is 0. The molecule has 6 nitrogen and oxygen atoms in total. The summed E-state index contributed by atoms with van der Waals surface area (Å²) >= 11 is 5.27. The van der Waals surface area contributed by atoms with Gasteiger partial charge in [-0.25, -0.2) is 0 Å². The zero-order valence-corrected chi connectivity index (χ0v) is 19.3. The van der Waals surface area contributed by atoms with E-state index in [9.17, 15) is 9.59 Å². The van der Waals surface area contributed by atoms with Crippen molar-refractivity contribution >= 4 is 40.5 Å². The highest BCUT2D eigenvalue weighted by Crippen LogP contribution is 2.17. The standard InChI is InChI=1S/C26H27N3O3S/c1-2-3-12-24(30)27-21-10-7-11-22(17-21)28-26(33)29-25(31)20-13-15-23(16-14-20)32-18-19-8-5-4-6-9-19/h4-11,13-17H,2-3,12,18H2,1H3,(H,27,30)(H2,28,29,31,33). The number of carbonyl (C=O) groups excluding carboxylic acids is 2. The van der Waals surface area contributed by atoms with Gasteiger partial charge in [-0.3, -0.25) is 14.9 Å². The largest absolute Gasteiger partial charge is 0.489 e. The van der Waals surface area contributed by atoms with Gasteiger partial charge in [-0.15, -0.1) is 0 Å². The molecule has 0 unspecified atom stereocenters. The van der Waals surface area contributed by atoms with Gasteiger partial charge in [0.15, 0.2) is 5.11 Å². The van der Waals surface area contributed by atoms with E-state index in [-0.39, 0.29) is 16.9 Å². The van der Waals surface area contributed by atoms with Crippen LogP contribution in [-0.2, 0) is 11.4 Å². The molecule has 0 fully saturated rings. The molecule has 0 bridgehead atoms. The first-order valence-electron chi connectivity index (χ1n) is 10.8. The molecule has 170 valence electrons. The zero-order chi connectivity index (χ0) is 23.5. The summed E-state index contributed by atoms with van der Waals surface area (Å²) in [5.74, 6) is 0.320. The van der Waals surface area contributed by atoms with Crippen molar-refractivity contribution in [3.63, 3.8) is 0 Å². The molecule has 0 atom stereocenters. The molecular weight excluding hydrogens is 434 g/mol. The Balaban J connectivity index is 1.49. The van der Waals surface area contributed by atoms with E-state index in [0.29, 0.717) is 35.7 Å². The molecule has 3 N–H and O–H groups in total. The van der Waals surface area contributed by atoms with Crippen LogP contribution in [0.5, 0.6) is 5.75 Å². The highest BCUT2D eigenvalue weighted by Gasteiger charge is 2.09. The third-order valence-corrected chi connectivity index (χ3v) is 4.96. The minimum atomic E-state index is -0.328. The molecule has 0 aliphatic rings. The monoisotopic (exact) mass is 461 g/mol. The van der Waals surface area contributed by atoms with Crippen molar-refractivity contribution in [2.75, 3.05) is 10.6 Å². The molecule has 0 heterocycles. The second kappa shape index (κ2) is 12.4. The quantitative estimate of drug-likeness (QED) is 0.366. The van der Waals surface area contributed by atoms with E-state index in [0.717, 1.165) is 18.4 Å². The normalized spacial score (nSPS) is 10.2. The number of carbonyl (C=O) groups is 2. The van der Waals surface area contributed by atoms with Crippen molar-refractivity contribution in [1.82, 2.24) is 5.32 Å². The Morgan fingerprint density at radius 1 is 0.879 bits per heavy atom. The Morgan fingerprint density at radius 2 is 1.58 bits per heavy atom. The number of thiocarbonyl (C=S) groups is 1. The number of amides is 2. The maximum atomic E-state index is 12.5. The molecule has 2 amide bonds. The SMILES string of the molecule is CCCCC(=O)Nc1cccc(NC(=S)NC(=O)c2ccc(OCc3ccccc3)cc2)c1. The summed E-state index contributed by atoms with van der Waals surface area (Å²) in [6, 6.07) is 23.9. The predicted octanol–water partition coefficient (Wildman–Crippen LogP) is 5.52. The van der Waals surface area contributed by atoms with E-state index in [1.165, 1.54) is 0 Å². The third kappa shape index (κ3) is 8.05. The molecule has 3 rings (SSSR count). The van der Waals surface area contributed by atoms with Gasteiger partial charge in [-0.2, -0.15) is 0 Å². The fourth-order valence-corrected chi connectivity index (χ4v) is 3.23. The average molecular weight is 462 g/mol. The predicted molar refractivity (Wildman–Crippen MR) is 135 cm³/mol. The Hall–Kier alpha value is -3.71. The van der Waals surface area contributed by atoms with Gasteiger partial charge in [0.25, 0.3) is 5.91 Å². The molecule has 0 aromatic heterocycles. The first kappa shape index (κ1) is 23.9. The number of benzene rings is 3. The van der Waals surface area contributed by atoms with Gasteiger partial charge in [0.2, 0.25) is 5.91 Å². The molecule has 0 aliphatic heterocycles. The second-order valence-electron chi connectivity index (χ2n) is 7.44. The Kier molecular flexibility index (Phi) is 8.97. The number of ether oxygens (including phenoxy) is 1. The molecular formula is C26H27N3O3S. The summed E-state index contributed by atoms with van der Waals surface area (Å²) in [6.07, 6.45) is 2.30. The van der Waals surface area contributed by atoms with Crippen LogP contribution in [0.15, 0.2) is 78.9 Å². The van der Waals surface area contributed by atoms with Crippen LogP contribution in [0.1, 0.15) is 42.1 Å². The van der Waals surface area contributed by atoms with Crippen molar-refractivity contribution < 1.29 is 14.3 Å². The van der Waals surface area contributed by atoms with Crippen LogP contribution in [0.25, 0.3) is 0 Å². The van der Waals surface area contributed by atoms with E-state index in [1.807, 2.05) is 37.3 Å². The third-order valence-electron chi connectivity index (χ3n) is 4.75. The smallest absolute Gasteiger partial charge is 0.257 e. The minimum absolute atomic E-state index is 0.0268. The van der Waals surface area contributed by atoms with Gasteiger partial charge >= 0.3 is 0 Å². The molecule has 0 radical (unpaired) electrons. The number of unbranched alkanes of at least 4 members (excludes halogenated alkanes) is 1. The molecule has 0 spiro atoms. The molecule has 33 heavy (non-hydrogen) atoms. The van der Waals surface area contributed by atoms with Crippen LogP contribution in [0.3, 0.4) is 0 Å². The number of nitrogens with one attached hydrogen (secondary N) is 3. The van der Waals surface area contributed by atoms with E-state index >= 15 is 0 Å². The summed E-state index contributed by atoms with van der Waals surface area (Å²) in [5, 5.41) is 8.66. The van der Waals surface area contributed by atoms with Crippen LogP contribution in [-0.4, -0.2) is 16.9 Å². The van der Waals surface area contributed by atoms with Crippen LogP contribution in [0.2, 0.25) is 0 Å². The maximum absolute atomic E-state index is 12.5. The lowest BCUT2D eigenvalue weighted by Gasteiger charge is -2.12. The number of rotatable bonds is 9. The van der Waals surface area contributed by atoms with Crippen molar-refractivity contribution in [3.8, 4) is 5.75 Å². The van der Waals surface area contributed by atoms with E-state index < -0.39 is 0 Å². The van der Waals surface area contributed by atoms with E-state index in [2.05, 4.69) is 16.0 Å². The van der Waals surface area contributed by atoms with Gasteiger partial charge < -0.3 is 15.4 Å². The fourth-order valence-electron chi connectivity index (χ4n) is 3.02. The lowest BCUT2D eigenvalue weighted by Crippen LogP contribution is -2.34. The van der Waals surface area contributed by atoms with Crippen molar-refractivity contribution in [2.24, 2.45) is 0 Å². The topological polar surface area (TPSA) is 79.5 Å². The Bertz CT molecular complexity index is 1090. The lowest BCUT2D eigenvalue weighted by atomic mass is 10.2. The number of hydrogen-bond acceptors (Lipinski definition) is 4. The summed E-state index contributed by atoms with van der Waals surface area (Å²) in [4.78, 5) is 24.4. The fraction of sp³-hybridized carbons (Fsp3) is 0.192. The van der Waals surface area contributed by atoms with Gasteiger partial charge in [0, 0.05) is 23.4 Å². The highest BCUT2D eigenvalue weighted by molar-refractivity contribution is 7.80. The Morgan fingerprint density at radius 3 is 2.27 bits per heavy atom.